The number of phosphoric ester groups is 1. The van der Waals surface area contributed by atoms with Gasteiger partial charge in [0, 0.05) is 6.07 Å². The summed E-state index contributed by atoms with van der Waals surface area (Å²) in [5.74, 6) is -0.435. The van der Waals surface area contributed by atoms with E-state index >= 15 is 0 Å². The highest BCUT2D eigenvalue weighted by atomic mass is 31.2. The van der Waals surface area contributed by atoms with E-state index in [1.54, 1.807) is 0 Å². The van der Waals surface area contributed by atoms with Gasteiger partial charge in [0.05, 0.1) is 4.92 Å². The van der Waals surface area contributed by atoms with Crippen molar-refractivity contribution in [2.75, 3.05) is 0 Å². The maximum Gasteiger partial charge on any atom is 0.525 e. The van der Waals surface area contributed by atoms with Gasteiger partial charge in [0.25, 0.3) is 0 Å². The first-order valence-corrected chi connectivity index (χ1v) is 5.89. The molecule has 0 aromatic heterocycles. The third-order valence-electron chi connectivity index (χ3n) is 1.85. The fourth-order valence-electron chi connectivity index (χ4n) is 1.13. The van der Waals surface area contributed by atoms with Crippen LogP contribution in [0.1, 0.15) is 12.5 Å². The Morgan fingerprint density at radius 3 is 2.56 bits per heavy atom. The van der Waals surface area contributed by atoms with E-state index in [9.17, 15) is 14.7 Å². The highest BCUT2D eigenvalue weighted by Gasteiger charge is 2.23. The Bertz CT molecular complexity index is 454. The van der Waals surface area contributed by atoms with Gasteiger partial charge >= 0.3 is 13.5 Å². The quantitative estimate of drug-likeness (QED) is 0.475. The Morgan fingerprint density at radius 2 is 2.12 bits per heavy atom. The number of hydrogen-bond acceptors (Lipinski definition) is 4. The van der Waals surface area contributed by atoms with Gasteiger partial charge in [-0.2, -0.15) is 0 Å². The first kappa shape index (κ1) is 12.6. The third-order valence-corrected chi connectivity index (χ3v) is 2.28. The molecule has 0 amide bonds. The lowest BCUT2D eigenvalue weighted by atomic mass is 10.1. The molecule has 0 spiro atoms. The maximum atomic E-state index is 10.6. The first-order valence-electron chi connectivity index (χ1n) is 4.36. The Kier molecular flexibility index (Phi) is 3.64. The topological polar surface area (TPSA) is 110 Å². The molecule has 8 heteroatoms. The molecule has 0 aliphatic rings. The summed E-state index contributed by atoms with van der Waals surface area (Å²) < 4.78 is 14.8. The predicted molar refractivity (Wildman–Crippen MR) is 55.1 cm³/mol. The molecule has 1 rings (SSSR count). The van der Waals surface area contributed by atoms with Crippen LogP contribution < -0.4 is 4.52 Å². The van der Waals surface area contributed by atoms with Gasteiger partial charge in [-0.1, -0.05) is 13.0 Å². The molecule has 0 saturated carbocycles. The van der Waals surface area contributed by atoms with Crippen LogP contribution in [-0.2, 0) is 11.0 Å². The van der Waals surface area contributed by atoms with Crippen molar-refractivity contribution in [3.05, 3.63) is 33.9 Å². The second-order valence-electron chi connectivity index (χ2n) is 2.99. The summed E-state index contributed by atoms with van der Waals surface area (Å²) in [4.78, 5) is 27.0. The number of rotatable bonds is 4. The zero-order chi connectivity index (χ0) is 12.3. The lowest BCUT2D eigenvalue weighted by Gasteiger charge is -2.07. The average Bonchev–Trinajstić information content (AvgIpc) is 2.15. The summed E-state index contributed by atoms with van der Waals surface area (Å²) in [7, 11) is -4.78. The molecular weight excluding hydrogens is 237 g/mol. The molecule has 2 N–H and O–H groups in total. The first-order chi connectivity index (χ1) is 7.33. The predicted octanol–water partition coefficient (Wildman–Crippen LogP) is 1.63. The molecule has 0 aliphatic carbocycles. The van der Waals surface area contributed by atoms with Gasteiger partial charge in [-0.15, -0.1) is 0 Å². The molecule has 0 atom stereocenters. The fourth-order valence-corrected chi connectivity index (χ4v) is 1.54. The van der Waals surface area contributed by atoms with E-state index in [2.05, 4.69) is 4.52 Å². The zero-order valence-electron chi connectivity index (χ0n) is 8.36. The van der Waals surface area contributed by atoms with Gasteiger partial charge < -0.3 is 4.52 Å². The minimum atomic E-state index is -4.78. The average molecular weight is 247 g/mol. The minimum absolute atomic E-state index is 0.435. The van der Waals surface area contributed by atoms with E-state index in [-0.39, 0.29) is 0 Å². The van der Waals surface area contributed by atoms with Crippen LogP contribution in [0.3, 0.4) is 0 Å². The van der Waals surface area contributed by atoms with Crippen LogP contribution in [0.25, 0.3) is 0 Å². The molecule has 0 unspecified atom stereocenters. The molecule has 0 bridgehead atoms. The summed E-state index contributed by atoms with van der Waals surface area (Å²) >= 11 is 0. The Morgan fingerprint density at radius 1 is 1.50 bits per heavy atom. The van der Waals surface area contributed by atoms with Crippen molar-refractivity contribution in [3.63, 3.8) is 0 Å². The van der Waals surface area contributed by atoms with Crippen LogP contribution in [0.2, 0.25) is 0 Å². The van der Waals surface area contributed by atoms with E-state index < -0.39 is 24.2 Å². The number of hydrogen-bond donors (Lipinski definition) is 2. The minimum Gasteiger partial charge on any atom is -0.397 e. The summed E-state index contributed by atoms with van der Waals surface area (Å²) in [6.45, 7) is 1.81. The zero-order valence-corrected chi connectivity index (χ0v) is 9.26. The summed E-state index contributed by atoms with van der Waals surface area (Å²) in [6.07, 6.45) is 0.580. The molecule has 0 heterocycles. The van der Waals surface area contributed by atoms with Gasteiger partial charge in [-0.25, -0.2) is 4.57 Å². The van der Waals surface area contributed by atoms with Crippen LogP contribution in [0.5, 0.6) is 5.75 Å². The maximum absolute atomic E-state index is 10.6. The number of benzene rings is 1. The fraction of sp³-hybridized carbons (Fsp3) is 0.250. The van der Waals surface area contributed by atoms with Gasteiger partial charge in [-0.3, -0.25) is 19.9 Å². The van der Waals surface area contributed by atoms with Crippen molar-refractivity contribution in [1.29, 1.82) is 0 Å². The molecule has 0 aliphatic heterocycles. The molecule has 0 fully saturated rings. The van der Waals surface area contributed by atoms with Gasteiger partial charge in [0.15, 0.2) is 0 Å². The normalized spacial score (nSPS) is 11.2. The van der Waals surface area contributed by atoms with Crippen molar-refractivity contribution >= 4 is 13.5 Å². The second kappa shape index (κ2) is 4.61. The van der Waals surface area contributed by atoms with Gasteiger partial charge in [-0.05, 0) is 18.1 Å². The van der Waals surface area contributed by atoms with E-state index in [0.29, 0.717) is 12.0 Å². The van der Waals surface area contributed by atoms with Crippen LogP contribution in [0.4, 0.5) is 5.69 Å². The standard InChI is InChI=1S/C8H10NO6P/c1-2-6-3-4-8(15-16(12,13)14)7(5-6)9(10)11/h3-5H,2H2,1H3,(H2,12,13,14). The third kappa shape index (κ3) is 3.30. The lowest BCUT2D eigenvalue weighted by molar-refractivity contribution is -0.385. The van der Waals surface area contributed by atoms with Crippen molar-refractivity contribution in [3.8, 4) is 5.75 Å². The SMILES string of the molecule is CCc1ccc(OP(=O)(O)O)c([N+](=O)[O-])c1. The van der Waals surface area contributed by atoms with Crippen molar-refractivity contribution < 1.29 is 23.8 Å². The smallest absolute Gasteiger partial charge is 0.397 e. The van der Waals surface area contributed by atoms with E-state index in [4.69, 9.17) is 9.79 Å². The molecular formula is C8H10NO6P. The molecule has 1 aromatic rings. The Labute approximate surface area is 91.1 Å². The van der Waals surface area contributed by atoms with E-state index in [1.165, 1.54) is 18.2 Å². The Balaban J connectivity index is 3.18. The highest BCUT2D eigenvalue weighted by molar-refractivity contribution is 7.46. The summed E-state index contributed by atoms with van der Waals surface area (Å²) in [6, 6.07) is 3.92. The summed E-state index contributed by atoms with van der Waals surface area (Å²) in [5.41, 5.74) is 0.229. The molecule has 0 saturated heterocycles. The van der Waals surface area contributed by atoms with Gasteiger partial charge in [0.2, 0.25) is 5.75 Å². The molecule has 16 heavy (non-hydrogen) atoms. The Hall–Kier alpha value is -1.43. The molecule has 1 aromatic carbocycles. The van der Waals surface area contributed by atoms with Crippen LogP contribution in [0.15, 0.2) is 18.2 Å². The number of nitro benzene ring substituents is 1. The largest absolute Gasteiger partial charge is 0.525 e. The number of nitro groups is 1. The molecule has 88 valence electrons. The monoisotopic (exact) mass is 247 g/mol. The number of nitrogens with zero attached hydrogens (tertiary/aromatic N) is 1. The van der Waals surface area contributed by atoms with E-state index in [1.807, 2.05) is 6.92 Å². The van der Waals surface area contributed by atoms with Crippen LogP contribution >= 0.6 is 7.82 Å². The van der Waals surface area contributed by atoms with Crippen LogP contribution in [0, 0.1) is 10.1 Å². The molecule has 0 radical (unpaired) electrons. The highest BCUT2D eigenvalue weighted by Crippen LogP contribution is 2.41. The van der Waals surface area contributed by atoms with Crippen LogP contribution in [-0.4, -0.2) is 14.7 Å². The van der Waals surface area contributed by atoms with Crippen molar-refractivity contribution in [2.45, 2.75) is 13.3 Å². The molecule has 7 nitrogen and oxygen atoms in total. The van der Waals surface area contributed by atoms with Crippen molar-refractivity contribution in [1.82, 2.24) is 0 Å². The number of phosphoric acid groups is 1. The van der Waals surface area contributed by atoms with Crippen molar-refractivity contribution in [2.24, 2.45) is 0 Å². The van der Waals surface area contributed by atoms with Gasteiger partial charge in [0.1, 0.15) is 0 Å². The summed E-state index contributed by atoms with van der Waals surface area (Å²) in [5, 5.41) is 10.6. The second-order valence-corrected chi connectivity index (χ2v) is 4.16. The number of aryl methyl sites for hydroxylation is 1. The van der Waals surface area contributed by atoms with E-state index in [0.717, 1.165) is 0 Å². The lowest BCUT2D eigenvalue weighted by Crippen LogP contribution is -1.97.